The van der Waals surface area contributed by atoms with Gasteiger partial charge in [0.15, 0.2) is 22.9 Å². The third-order valence-electron chi connectivity index (χ3n) is 7.38. The molecular weight excluding hydrogens is 650 g/mol. The predicted molar refractivity (Wildman–Crippen MR) is 170 cm³/mol. The molecule has 0 spiro atoms. The lowest BCUT2D eigenvalue weighted by molar-refractivity contribution is -0.139. The Hall–Kier alpha value is -3.90. The van der Waals surface area contributed by atoms with Crippen molar-refractivity contribution >= 4 is 45.2 Å². The number of aromatic nitrogens is 1. The third kappa shape index (κ3) is 6.46. The molecule has 0 unspecified atom stereocenters. The van der Waals surface area contributed by atoms with E-state index in [1.807, 2.05) is 25.1 Å². The number of esters is 1. The molecule has 1 atom stereocenters. The molecule has 2 aliphatic rings. The molecule has 3 heterocycles. The molecule has 0 aliphatic carbocycles. The van der Waals surface area contributed by atoms with Crippen molar-refractivity contribution in [3.8, 4) is 17.2 Å². The summed E-state index contributed by atoms with van der Waals surface area (Å²) in [4.78, 5) is 46.6. The van der Waals surface area contributed by atoms with E-state index >= 15 is 0 Å². The van der Waals surface area contributed by atoms with E-state index in [1.54, 1.807) is 50.1 Å². The molecule has 2 aliphatic heterocycles. The molecule has 12 heteroatoms. The van der Waals surface area contributed by atoms with Gasteiger partial charge in [0.05, 0.1) is 46.6 Å². The van der Waals surface area contributed by atoms with Crippen LogP contribution in [0.5, 0.6) is 17.2 Å². The van der Waals surface area contributed by atoms with Crippen LogP contribution in [-0.2, 0) is 14.3 Å². The lowest BCUT2D eigenvalue weighted by atomic mass is 9.96. The molecule has 0 saturated carbocycles. The normalized spacial score (nSPS) is 16.4. The highest BCUT2D eigenvalue weighted by Crippen LogP contribution is 2.35. The van der Waals surface area contributed by atoms with Crippen molar-refractivity contribution in [1.29, 1.82) is 0 Å². The molecule has 0 radical (unpaired) electrons. The zero-order valence-electron chi connectivity index (χ0n) is 25.1. The van der Waals surface area contributed by atoms with Gasteiger partial charge in [0.25, 0.3) is 11.5 Å². The Morgan fingerprint density at radius 3 is 2.48 bits per heavy atom. The Labute approximate surface area is 267 Å². The monoisotopic (exact) mass is 683 g/mol. The maximum atomic E-state index is 14.0. The standard InChI is InChI=1S/C32H34BrN3O7S/c1-5-41-25-15-20(9-11-24(25)43-18-27(37)35-13-7-8-14-35)16-26-30(38)36-29(21-10-12-23(40-4)22(33)17-21)28(31(39)42-6-2)19(3)34-32(36)44-26/h9-12,15-17,29H,5-8,13-14,18H2,1-4H3/b26-16+/t29-/m1/s1. The van der Waals surface area contributed by atoms with Crippen molar-refractivity contribution in [2.45, 2.75) is 39.7 Å². The summed E-state index contributed by atoms with van der Waals surface area (Å²) in [5, 5.41) is 0. The summed E-state index contributed by atoms with van der Waals surface area (Å²) in [7, 11) is 1.57. The Morgan fingerprint density at radius 2 is 1.80 bits per heavy atom. The maximum absolute atomic E-state index is 14.0. The number of thiazole rings is 1. The second-order valence-electron chi connectivity index (χ2n) is 10.2. The van der Waals surface area contributed by atoms with Gasteiger partial charge >= 0.3 is 5.97 Å². The fourth-order valence-corrected chi connectivity index (χ4v) is 6.92. The number of amides is 1. The van der Waals surface area contributed by atoms with Crippen LogP contribution in [-0.4, -0.2) is 61.4 Å². The third-order valence-corrected chi connectivity index (χ3v) is 8.99. The number of halogens is 1. The lowest BCUT2D eigenvalue weighted by Crippen LogP contribution is -2.40. The van der Waals surface area contributed by atoms with Gasteiger partial charge in [-0.3, -0.25) is 14.2 Å². The number of methoxy groups -OCH3 is 1. The first-order valence-electron chi connectivity index (χ1n) is 14.5. The summed E-state index contributed by atoms with van der Waals surface area (Å²) < 4.78 is 25.1. The molecule has 1 aromatic heterocycles. The van der Waals surface area contributed by atoms with Crippen molar-refractivity contribution in [3.05, 3.63) is 83.0 Å². The van der Waals surface area contributed by atoms with Crippen LogP contribution in [0.15, 0.2) is 61.9 Å². The van der Waals surface area contributed by atoms with Crippen molar-refractivity contribution in [1.82, 2.24) is 9.47 Å². The summed E-state index contributed by atoms with van der Waals surface area (Å²) in [6.07, 6.45) is 3.78. The molecule has 0 N–H and O–H groups in total. The summed E-state index contributed by atoms with van der Waals surface area (Å²) in [6.45, 7) is 7.38. The summed E-state index contributed by atoms with van der Waals surface area (Å²) in [6, 6.07) is 10.0. The topological polar surface area (TPSA) is 109 Å². The van der Waals surface area contributed by atoms with E-state index in [-0.39, 0.29) is 24.7 Å². The summed E-state index contributed by atoms with van der Waals surface area (Å²) in [5.41, 5.74) is 1.89. The molecule has 3 aromatic rings. The van der Waals surface area contributed by atoms with Gasteiger partial charge in [-0.15, -0.1) is 0 Å². The number of rotatable bonds is 10. The molecular formula is C32H34BrN3O7S. The van der Waals surface area contributed by atoms with Gasteiger partial charge in [0.1, 0.15) is 5.75 Å². The SMILES string of the molecule is CCOC(=O)C1=C(C)N=c2s/c(=C/c3ccc(OCC(=O)N4CCCC4)c(OCC)c3)c(=O)n2[C@@H]1c1ccc(OC)c(Br)c1. The van der Waals surface area contributed by atoms with Crippen LogP contribution in [0.25, 0.3) is 6.08 Å². The van der Waals surface area contributed by atoms with Crippen LogP contribution >= 0.6 is 27.3 Å². The fraction of sp³-hybridized carbons (Fsp3) is 0.375. The first kappa shape index (κ1) is 31.5. The molecule has 0 bridgehead atoms. The highest BCUT2D eigenvalue weighted by atomic mass is 79.9. The first-order chi connectivity index (χ1) is 21.2. The maximum Gasteiger partial charge on any atom is 0.338 e. The van der Waals surface area contributed by atoms with Crippen LogP contribution in [0.4, 0.5) is 0 Å². The molecule has 232 valence electrons. The van der Waals surface area contributed by atoms with Gasteiger partial charge < -0.3 is 23.8 Å². The van der Waals surface area contributed by atoms with Gasteiger partial charge in [-0.2, -0.15) is 0 Å². The van der Waals surface area contributed by atoms with Crippen LogP contribution < -0.4 is 29.1 Å². The van der Waals surface area contributed by atoms with Crippen LogP contribution in [0.2, 0.25) is 0 Å². The van der Waals surface area contributed by atoms with Gasteiger partial charge in [0.2, 0.25) is 0 Å². The van der Waals surface area contributed by atoms with E-state index in [9.17, 15) is 14.4 Å². The van der Waals surface area contributed by atoms with Gasteiger partial charge in [-0.05, 0) is 91.0 Å². The van der Waals surface area contributed by atoms with Gasteiger partial charge in [-0.1, -0.05) is 23.5 Å². The first-order valence-corrected chi connectivity index (χ1v) is 16.1. The quantitative estimate of drug-likeness (QED) is 0.298. The Balaban J connectivity index is 1.54. The molecule has 5 rings (SSSR count). The van der Waals surface area contributed by atoms with E-state index < -0.39 is 12.0 Å². The number of carbonyl (C=O) groups excluding carboxylic acids is 2. The Kier molecular flexibility index (Phi) is 9.90. The highest BCUT2D eigenvalue weighted by molar-refractivity contribution is 9.10. The predicted octanol–water partition coefficient (Wildman–Crippen LogP) is 3.97. The fourth-order valence-electron chi connectivity index (χ4n) is 5.31. The second-order valence-corrected chi connectivity index (χ2v) is 12.1. The van der Waals surface area contributed by atoms with E-state index in [1.165, 1.54) is 15.9 Å². The zero-order chi connectivity index (χ0) is 31.4. The molecule has 1 saturated heterocycles. The Bertz CT molecular complexity index is 1790. The number of nitrogens with zero attached hydrogens (tertiary/aromatic N) is 3. The number of hydrogen-bond acceptors (Lipinski definition) is 9. The summed E-state index contributed by atoms with van der Waals surface area (Å²) >= 11 is 4.76. The van der Waals surface area contributed by atoms with Gasteiger partial charge in [0, 0.05) is 13.1 Å². The van der Waals surface area contributed by atoms with E-state index in [0.717, 1.165) is 25.9 Å². The zero-order valence-corrected chi connectivity index (χ0v) is 27.5. The number of carbonyl (C=O) groups is 2. The lowest BCUT2D eigenvalue weighted by Gasteiger charge is -2.25. The molecule has 10 nitrogen and oxygen atoms in total. The average molecular weight is 685 g/mol. The number of fused-ring (bicyclic) bond motifs is 1. The average Bonchev–Trinajstić information content (AvgIpc) is 3.65. The molecule has 1 amide bonds. The van der Waals surface area contributed by atoms with Crippen molar-refractivity contribution in [2.24, 2.45) is 4.99 Å². The summed E-state index contributed by atoms with van der Waals surface area (Å²) in [5.74, 6) is 0.978. The number of hydrogen-bond donors (Lipinski definition) is 0. The number of allylic oxidation sites excluding steroid dienone is 1. The van der Waals surface area contributed by atoms with E-state index in [4.69, 9.17) is 18.9 Å². The number of likely N-dealkylation sites (tertiary alicyclic amines) is 1. The van der Waals surface area contributed by atoms with Crippen LogP contribution in [0.1, 0.15) is 50.8 Å². The minimum atomic E-state index is -0.752. The van der Waals surface area contributed by atoms with Crippen molar-refractivity contribution < 1.29 is 28.5 Å². The smallest absolute Gasteiger partial charge is 0.338 e. The minimum Gasteiger partial charge on any atom is -0.496 e. The van der Waals surface area contributed by atoms with E-state index in [2.05, 4.69) is 20.9 Å². The van der Waals surface area contributed by atoms with Gasteiger partial charge in [-0.25, -0.2) is 9.79 Å². The van der Waals surface area contributed by atoms with E-state index in [0.29, 0.717) is 60.1 Å². The molecule has 44 heavy (non-hydrogen) atoms. The highest BCUT2D eigenvalue weighted by Gasteiger charge is 2.33. The Morgan fingerprint density at radius 1 is 1.05 bits per heavy atom. The van der Waals surface area contributed by atoms with Crippen LogP contribution in [0.3, 0.4) is 0 Å². The second kappa shape index (κ2) is 13.8. The molecule has 2 aromatic carbocycles. The number of ether oxygens (including phenoxy) is 4. The minimum absolute atomic E-state index is 0.0499. The van der Waals surface area contributed by atoms with Crippen molar-refractivity contribution in [3.63, 3.8) is 0 Å². The van der Waals surface area contributed by atoms with Crippen molar-refractivity contribution in [2.75, 3.05) is 40.0 Å². The number of benzene rings is 2. The molecule has 1 fully saturated rings. The largest absolute Gasteiger partial charge is 0.496 e. The van der Waals surface area contributed by atoms with Crippen LogP contribution in [0, 0.1) is 0 Å².